The van der Waals surface area contributed by atoms with Gasteiger partial charge in [-0.25, -0.2) is 5.11 Å². The van der Waals surface area contributed by atoms with Crippen LogP contribution in [0.3, 0.4) is 0 Å². The highest BCUT2D eigenvalue weighted by atomic mass is 19.4. The predicted octanol–water partition coefficient (Wildman–Crippen LogP) is 3.91. The molecule has 0 spiro atoms. The number of halogens is 7. The normalized spacial score (nSPS) is 13.8. The topological polar surface area (TPSA) is 19.9 Å². The second-order valence-corrected chi connectivity index (χ2v) is 3.49. The van der Waals surface area contributed by atoms with Gasteiger partial charge in [0.25, 0.3) is 0 Å². The Morgan fingerprint density at radius 1 is 0.944 bits per heavy atom. The lowest BCUT2D eigenvalue weighted by atomic mass is 10.00. The Morgan fingerprint density at radius 3 is 1.94 bits per heavy atom. The van der Waals surface area contributed by atoms with E-state index in [2.05, 4.69) is 0 Å². The molecule has 8 heteroatoms. The number of benzene rings is 1. The minimum Gasteiger partial charge on any atom is -0.232 e. The van der Waals surface area contributed by atoms with Crippen LogP contribution in [0.1, 0.15) is 11.1 Å². The van der Waals surface area contributed by atoms with Crippen LogP contribution in [-0.4, -0.2) is 12.1 Å². The number of rotatable bonds is 3. The molecule has 0 bridgehead atoms. The van der Waals surface area contributed by atoms with Crippen molar-refractivity contribution in [2.45, 2.75) is 24.6 Å². The number of alkyl halides is 7. The minimum atomic E-state index is -6.38. The van der Waals surface area contributed by atoms with Crippen LogP contribution >= 0.6 is 0 Å². The molecule has 0 unspecified atom stereocenters. The maximum Gasteiger partial charge on any atom is 0.460 e. The van der Waals surface area contributed by atoms with Crippen LogP contribution < -0.4 is 0 Å². The first kappa shape index (κ1) is 14.7. The summed E-state index contributed by atoms with van der Waals surface area (Å²) < 4.78 is 87.4. The largest absolute Gasteiger partial charge is 0.460 e. The van der Waals surface area contributed by atoms with Gasteiger partial charge in [0, 0.05) is 5.56 Å². The van der Waals surface area contributed by atoms with E-state index in [1.807, 2.05) is 0 Å². The van der Waals surface area contributed by atoms with E-state index in [0.717, 1.165) is 12.1 Å². The summed E-state index contributed by atoms with van der Waals surface area (Å²) in [6.45, 7) is -0.999. The lowest BCUT2D eigenvalue weighted by molar-refractivity contribution is -0.359. The molecule has 1 rings (SSSR count). The first-order valence-electron chi connectivity index (χ1n) is 4.54. The van der Waals surface area contributed by atoms with E-state index >= 15 is 0 Å². The highest BCUT2D eigenvalue weighted by Crippen LogP contribution is 2.51. The van der Waals surface area contributed by atoms with E-state index in [1.165, 1.54) is 0 Å². The summed E-state index contributed by atoms with van der Waals surface area (Å²) in [7, 11) is 0. The molecule has 0 heterocycles. The molecule has 101 valence electrons. The van der Waals surface area contributed by atoms with Gasteiger partial charge in [-0.15, -0.1) is 0 Å². The maximum absolute atomic E-state index is 13.2. The Labute approximate surface area is 96.8 Å². The summed E-state index contributed by atoms with van der Waals surface area (Å²) in [6.07, 6.45) is -6.38. The van der Waals surface area contributed by atoms with Crippen molar-refractivity contribution in [3.8, 4) is 0 Å². The molecule has 18 heavy (non-hydrogen) atoms. The van der Waals surface area contributed by atoms with Crippen LogP contribution in [0.4, 0.5) is 30.7 Å². The van der Waals surface area contributed by atoms with E-state index in [9.17, 15) is 35.8 Å². The quantitative estimate of drug-likeness (QED) is 0.745. The average Bonchev–Trinajstić information content (AvgIpc) is 2.27. The van der Waals surface area contributed by atoms with Crippen LogP contribution in [0.25, 0.3) is 0 Å². The molecular weight excluding hydrogens is 269 g/mol. The van der Waals surface area contributed by atoms with Crippen molar-refractivity contribution in [3.05, 3.63) is 35.4 Å². The van der Waals surface area contributed by atoms with E-state index in [0.29, 0.717) is 12.1 Å². The first-order chi connectivity index (χ1) is 8.04. The van der Waals surface area contributed by atoms with Gasteiger partial charge in [-0.05, 0) is 11.6 Å². The molecule has 0 saturated carbocycles. The van der Waals surface area contributed by atoms with Crippen LogP contribution in [0.15, 0.2) is 24.3 Å². The summed E-state index contributed by atoms with van der Waals surface area (Å²) >= 11 is 0. The van der Waals surface area contributed by atoms with Crippen LogP contribution in [0.2, 0.25) is 0 Å². The minimum absolute atomic E-state index is 0.301. The fourth-order valence-corrected chi connectivity index (χ4v) is 1.22. The van der Waals surface area contributed by atoms with Crippen molar-refractivity contribution in [3.63, 3.8) is 0 Å². The zero-order valence-electron chi connectivity index (χ0n) is 8.57. The van der Waals surface area contributed by atoms with Gasteiger partial charge in [0.15, 0.2) is 0 Å². The van der Waals surface area contributed by atoms with Crippen molar-refractivity contribution in [1.82, 2.24) is 0 Å². The molecule has 1 nitrogen and oxygen atoms in total. The van der Waals surface area contributed by atoms with Gasteiger partial charge in [-0.3, -0.25) is 0 Å². The Bertz CT molecular complexity index is 424. The average molecular weight is 275 g/mol. The van der Waals surface area contributed by atoms with Crippen LogP contribution in [0.5, 0.6) is 0 Å². The fourth-order valence-electron chi connectivity index (χ4n) is 1.22. The smallest absolute Gasteiger partial charge is 0.232 e. The summed E-state index contributed by atoms with van der Waals surface area (Å²) in [5, 5.41) is 10.4. The molecule has 0 aromatic heterocycles. The van der Waals surface area contributed by atoms with Crippen LogP contribution in [-0.2, 0) is 17.6 Å². The third-order valence-electron chi connectivity index (χ3n) is 2.21. The standard InChI is InChI=1S/C10H6F7O/c11-8(12,9(13,14)10(15,16)17)7-3-1-2-6(4-7)5-18/h1-4H,5H2. The molecule has 1 aromatic rings. The Hall–Kier alpha value is -1.31. The molecule has 1 aromatic carbocycles. The van der Waals surface area contributed by atoms with Crippen molar-refractivity contribution in [2.75, 3.05) is 0 Å². The summed E-state index contributed by atoms with van der Waals surface area (Å²) in [5.41, 5.74) is -1.84. The SMILES string of the molecule is [O]Cc1cccc(C(F)(F)C(F)(F)C(F)(F)F)c1. The molecule has 0 N–H and O–H groups in total. The van der Waals surface area contributed by atoms with Gasteiger partial charge >= 0.3 is 18.0 Å². The molecular formula is C10H6F7O. The Kier molecular flexibility index (Phi) is 3.62. The molecule has 1 radical (unpaired) electrons. The van der Waals surface area contributed by atoms with E-state index < -0.39 is 30.2 Å². The summed E-state index contributed by atoms with van der Waals surface area (Å²) in [6, 6.07) is 2.63. The van der Waals surface area contributed by atoms with Gasteiger partial charge in [-0.2, -0.15) is 30.7 Å². The van der Waals surface area contributed by atoms with Crippen molar-refractivity contribution in [2.24, 2.45) is 0 Å². The van der Waals surface area contributed by atoms with Crippen molar-refractivity contribution >= 4 is 0 Å². The third kappa shape index (κ3) is 2.29. The molecule has 0 aliphatic carbocycles. The zero-order valence-corrected chi connectivity index (χ0v) is 8.57. The van der Waals surface area contributed by atoms with Gasteiger partial charge in [0.05, 0.1) is 0 Å². The Morgan fingerprint density at radius 2 is 1.50 bits per heavy atom. The highest BCUT2D eigenvalue weighted by Gasteiger charge is 2.73. The lowest BCUT2D eigenvalue weighted by Crippen LogP contribution is -2.50. The number of hydrogen-bond donors (Lipinski definition) is 0. The number of hydrogen-bond acceptors (Lipinski definition) is 0. The monoisotopic (exact) mass is 275 g/mol. The van der Waals surface area contributed by atoms with Gasteiger partial charge in [-0.1, -0.05) is 18.2 Å². The zero-order chi connectivity index (χ0) is 14.2. The first-order valence-corrected chi connectivity index (χ1v) is 4.54. The molecule has 0 aliphatic heterocycles. The van der Waals surface area contributed by atoms with Crippen LogP contribution in [0, 0.1) is 0 Å². The molecule has 0 fully saturated rings. The van der Waals surface area contributed by atoms with Crippen molar-refractivity contribution in [1.29, 1.82) is 0 Å². The second-order valence-electron chi connectivity index (χ2n) is 3.49. The van der Waals surface area contributed by atoms with Gasteiger partial charge in [0.2, 0.25) is 0 Å². The molecule has 0 aliphatic rings. The predicted molar refractivity (Wildman–Crippen MR) is 45.7 cm³/mol. The van der Waals surface area contributed by atoms with Gasteiger partial charge < -0.3 is 0 Å². The highest BCUT2D eigenvalue weighted by molar-refractivity contribution is 5.28. The van der Waals surface area contributed by atoms with E-state index in [4.69, 9.17) is 0 Å². The van der Waals surface area contributed by atoms with E-state index in [1.54, 1.807) is 0 Å². The lowest BCUT2D eigenvalue weighted by Gasteiger charge is -2.28. The summed E-state index contributed by atoms with van der Waals surface area (Å²) in [4.78, 5) is 0. The third-order valence-corrected chi connectivity index (χ3v) is 2.21. The second kappa shape index (κ2) is 4.42. The fraction of sp³-hybridized carbons (Fsp3) is 0.400. The van der Waals surface area contributed by atoms with Gasteiger partial charge in [0.1, 0.15) is 6.61 Å². The van der Waals surface area contributed by atoms with Crippen molar-refractivity contribution < 1.29 is 35.8 Å². The Balaban J connectivity index is 3.28. The maximum atomic E-state index is 13.2. The molecule has 0 atom stereocenters. The summed E-state index contributed by atoms with van der Waals surface area (Å²) in [5.74, 6) is -11.6. The molecule has 0 saturated heterocycles. The molecule has 0 amide bonds. The van der Waals surface area contributed by atoms with E-state index in [-0.39, 0.29) is 5.56 Å².